The van der Waals surface area contributed by atoms with Crippen LogP contribution in [0.1, 0.15) is 16.3 Å². The first-order valence-electron chi connectivity index (χ1n) is 5.67. The summed E-state index contributed by atoms with van der Waals surface area (Å²) in [4.78, 5) is 19.4. The van der Waals surface area contributed by atoms with Gasteiger partial charge in [-0.3, -0.25) is 0 Å². The van der Waals surface area contributed by atoms with Crippen LogP contribution in [-0.2, 0) is 0 Å². The lowest BCUT2D eigenvalue weighted by atomic mass is 10.2. The maximum absolute atomic E-state index is 11.2. The Bertz CT molecular complexity index is 762. The van der Waals surface area contributed by atoms with Crippen LogP contribution in [0.15, 0.2) is 36.7 Å². The molecule has 0 spiro atoms. The van der Waals surface area contributed by atoms with Crippen LogP contribution in [0.4, 0.5) is 0 Å². The average molecular weight is 254 g/mol. The number of rotatable bonds is 2. The van der Waals surface area contributed by atoms with Crippen molar-refractivity contribution in [2.75, 3.05) is 0 Å². The minimum absolute atomic E-state index is 0.0242. The number of aromatic carboxylic acids is 1. The Kier molecular flexibility index (Phi) is 2.49. The van der Waals surface area contributed by atoms with Crippen molar-refractivity contribution >= 4 is 16.9 Å². The zero-order valence-corrected chi connectivity index (χ0v) is 10.1. The molecule has 94 valence electrons. The fraction of sp³-hybridized carbons (Fsp3) is 0.0769. The van der Waals surface area contributed by atoms with E-state index in [2.05, 4.69) is 15.1 Å². The minimum atomic E-state index is -1.05. The molecule has 0 saturated carbocycles. The highest BCUT2D eigenvalue weighted by molar-refractivity contribution is 6.01. The second kappa shape index (κ2) is 4.16. The predicted octanol–water partition coefficient (Wildman–Crippen LogP) is 1.82. The molecule has 3 aromatic rings. The second-order valence-corrected chi connectivity index (χ2v) is 4.07. The molecule has 2 aromatic heterocycles. The van der Waals surface area contributed by atoms with Gasteiger partial charge in [-0.15, -0.1) is 0 Å². The Morgan fingerprint density at radius 2 is 1.89 bits per heavy atom. The van der Waals surface area contributed by atoms with Gasteiger partial charge in [0.2, 0.25) is 0 Å². The smallest absolute Gasteiger partial charge is 0.357 e. The van der Waals surface area contributed by atoms with Crippen LogP contribution in [0.25, 0.3) is 16.6 Å². The molecule has 3 rings (SSSR count). The summed E-state index contributed by atoms with van der Waals surface area (Å²) in [6.07, 6.45) is 3.24. The molecule has 0 aliphatic heterocycles. The highest BCUT2D eigenvalue weighted by atomic mass is 16.4. The summed E-state index contributed by atoms with van der Waals surface area (Å²) >= 11 is 0. The number of hydrogen-bond acceptors (Lipinski definition) is 4. The van der Waals surface area contributed by atoms with Crippen molar-refractivity contribution in [2.45, 2.75) is 6.92 Å². The summed E-state index contributed by atoms with van der Waals surface area (Å²) in [6.45, 7) is 1.79. The molecule has 0 atom stereocenters. The molecular formula is C13H10N4O2. The summed E-state index contributed by atoms with van der Waals surface area (Å²) in [5.74, 6) is -0.401. The zero-order chi connectivity index (χ0) is 13.4. The topological polar surface area (TPSA) is 80.9 Å². The first-order chi connectivity index (χ1) is 9.16. The van der Waals surface area contributed by atoms with Gasteiger partial charge in [-0.25, -0.2) is 19.4 Å². The molecule has 0 radical (unpaired) electrons. The number of aryl methyl sites for hydroxylation is 1. The molecule has 19 heavy (non-hydrogen) atoms. The van der Waals surface area contributed by atoms with Crippen LogP contribution in [0.5, 0.6) is 0 Å². The first-order valence-corrected chi connectivity index (χ1v) is 5.67. The number of benzene rings is 1. The quantitative estimate of drug-likeness (QED) is 0.754. The Morgan fingerprint density at radius 1 is 1.21 bits per heavy atom. The fourth-order valence-electron chi connectivity index (χ4n) is 1.92. The number of hydrogen-bond donors (Lipinski definition) is 1. The highest BCUT2D eigenvalue weighted by Crippen LogP contribution is 2.21. The number of carboxylic acids is 1. The van der Waals surface area contributed by atoms with E-state index < -0.39 is 5.97 Å². The van der Waals surface area contributed by atoms with Gasteiger partial charge in [-0.1, -0.05) is 18.2 Å². The van der Waals surface area contributed by atoms with E-state index in [0.717, 1.165) is 0 Å². The largest absolute Gasteiger partial charge is 0.476 e. The van der Waals surface area contributed by atoms with Crippen LogP contribution >= 0.6 is 0 Å². The Balaban J connectivity index is 2.29. The SMILES string of the molecule is Cc1ncc(-n2nc(C(=O)O)c3ccccc32)cn1. The molecule has 0 fully saturated rings. The molecule has 6 nitrogen and oxygen atoms in total. The van der Waals surface area contributed by atoms with E-state index in [9.17, 15) is 9.90 Å². The summed E-state index contributed by atoms with van der Waals surface area (Å²) in [6, 6.07) is 7.17. The standard InChI is InChI=1S/C13H10N4O2/c1-8-14-6-9(7-15-8)17-11-5-3-2-4-10(11)12(16-17)13(18)19/h2-7H,1H3,(H,18,19). The first kappa shape index (κ1) is 11.3. The van der Waals surface area contributed by atoms with Gasteiger partial charge in [0.25, 0.3) is 0 Å². The van der Waals surface area contributed by atoms with Crippen LogP contribution in [-0.4, -0.2) is 30.8 Å². The van der Waals surface area contributed by atoms with E-state index in [0.29, 0.717) is 22.4 Å². The predicted molar refractivity (Wildman–Crippen MR) is 68.4 cm³/mol. The molecule has 0 aliphatic carbocycles. The van der Waals surface area contributed by atoms with Gasteiger partial charge >= 0.3 is 5.97 Å². The van der Waals surface area contributed by atoms with Gasteiger partial charge in [0.15, 0.2) is 5.69 Å². The fourth-order valence-corrected chi connectivity index (χ4v) is 1.92. The third-order valence-electron chi connectivity index (χ3n) is 2.80. The second-order valence-electron chi connectivity index (χ2n) is 4.07. The Labute approximate surface area is 108 Å². The van der Waals surface area contributed by atoms with Crippen molar-refractivity contribution < 1.29 is 9.90 Å². The molecule has 1 N–H and O–H groups in total. The molecule has 0 aliphatic rings. The van der Waals surface area contributed by atoms with Gasteiger partial charge in [0.1, 0.15) is 11.5 Å². The average Bonchev–Trinajstić information content (AvgIpc) is 2.79. The molecule has 0 bridgehead atoms. The molecule has 6 heteroatoms. The van der Waals surface area contributed by atoms with Gasteiger partial charge < -0.3 is 5.11 Å². The van der Waals surface area contributed by atoms with Crippen LogP contribution < -0.4 is 0 Å². The lowest BCUT2D eigenvalue weighted by Crippen LogP contribution is -2.02. The van der Waals surface area contributed by atoms with Crippen molar-refractivity contribution in [3.63, 3.8) is 0 Å². The number of para-hydroxylation sites is 1. The summed E-state index contributed by atoms with van der Waals surface area (Å²) in [7, 11) is 0. The van der Waals surface area contributed by atoms with E-state index in [1.165, 1.54) is 4.68 Å². The van der Waals surface area contributed by atoms with E-state index >= 15 is 0 Å². The molecule has 0 saturated heterocycles. The monoisotopic (exact) mass is 254 g/mol. The van der Waals surface area contributed by atoms with E-state index in [1.807, 2.05) is 12.1 Å². The molecule has 0 amide bonds. The van der Waals surface area contributed by atoms with E-state index in [4.69, 9.17) is 0 Å². The molecule has 1 aromatic carbocycles. The number of aromatic nitrogens is 4. The Hall–Kier alpha value is -2.76. The van der Waals surface area contributed by atoms with Crippen molar-refractivity contribution in [1.29, 1.82) is 0 Å². The van der Waals surface area contributed by atoms with Crippen molar-refractivity contribution in [2.24, 2.45) is 0 Å². The summed E-state index contributed by atoms with van der Waals surface area (Å²) in [5, 5.41) is 13.9. The summed E-state index contributed by atoms with van der Waals surface area (Å²) in [5.41, 5.74) is 1.37. The molecule has 0 unspecified atom stereocenters. The van der Waals surface area contributed by atoms with Gasteiger partial charge in [-0.2, -0.15) is 5.10 Å². The Morgan fingerprint density at radius 3 is 2.58 bits per heavy atom. The number of fused-ring (bicyclic) bond motifs is 1. The third kappa shape index (κ3) is 1.83. The van der Waals surface area contributed by atoms with E-state index in [1.54, 1.807) is 31.5 Å². The third-order valence-corrected chi connectivity index (χ3v) is 2.80. The zero-order valence-electron chi connectivity index (χ0n) is 10.1. The van der Waals surface area contributed by atoms with Crippen molar-refractivity contribution in [3.8, 4) is 5.69 Å². The van der Waals surface area contributed by atoms with Gasteiger partial charge in [-0.05, 0) is 13.0 Å². The van der Waals surface area contributed by atoms with Crippen LogP contribution in [0.2, 0.25) is 0 Å². The van der Waals surface area contributed by atoms with E-state index in [-0.39, 0.29) is 5.69 Å². The number of nitrogens with zero attached hydrogens (tertiary/aromatic N) is 4. The normalized spacial score (nSPS) is 10.8. The van der Waals surface area contributed by atoms with Crippen molar-refractivity contribution in [1.82, 2.24) is 19.7 Å². The van der Waals surface area contributed by atoms with Gasteiger partial charge in [0.05, 0.1) is 17.9 Å². The minimum Gasteiger partial charge on any atom is -0.476 e. The highest BCUT2D eigenvalue weighted by Gasteiger charge is 2.16. The summed E-state index contributed by atoms with van der Waals surface area (Å²) < 4.78 is 1.54. The molecular weight excluding hydrogens is 244 g/mol. The van der Waals surface area contributed by atoms with Crippen LogP contribution in [0, 0.1) is 6.92 Å². The van der Waals surface area contributed by atoms with Crippen LogP contribution in [0.3, 0.4) is 0 Å². The number of carbonyl (C=O) groups is 1. The number of carboxylic acid groups (broad SMARTS) is 1. The molecule has 2 heterocycles. The lowest BCUT2D eigenvalue weighted by molar-refractivity contribution is 0.0692. The van der Waals surface area contributed by atoms with Crippen molar-refractivity contribution in [3.05, 3.63) is 48.2 Å². The van der Waals surface area contributed by atoms with Gasteiger partial charge in [0, 0.05) is 5.39 Å². The maximum Gasteiger partial charge on any atom is 0.357 e. The maximum atomic E-state index is 11.2. The lowest BCUT2D eigenvalue weighted by Gasteiger charge is -2.02.